The van der Waals surface area contributed by atoms with E-state index in [1.807, 2.05) is 0 Å². The lowest BCUT2D eigenvalue weighted by Crippen LogP contribution is -1.98. The molecule has 0 aromatic carbocycles. The maximum Gasteiger partial charge on any atom is 0.265 e. The number of pyridine rings is 1. The van der Waals surface area contributed by atoms with Gasteiger partial charge in [0.1, 0.15) is 0 Å². The summed E-state index contributed by atoms with van der Waals surface area (Å²) >= 11 is 6.25. The van der Waals surface area contributed by atoms with Crippen molar-refractivity contribution in [3.8, 4) is 0 Å². The van der Waals surface area contributed by atoms with Crippen LogP contribution in [0, 0.1) is 6.92 Å². The summed E-state index contributed by atoms with van der Waals surface area (Å²) < 4.78 is 25.6. The molecule has 0 radical (unpaired) electrons. The number of hydrogen-bond acceptors (Lipinski definition) is 1. The summed E-state index contributed by atoms with van der Waals surface area (Å²) in [6.45, 7) is 1.69. The standard InChI is InChI=1S/C8H7Br2F2N/c1-4-7(10)6(8(11)12)5(2-9)3-13-4/h3,8H,2H2,1H3. The van der Waals surface area contributed by atoms with Crippen molar-refractivity contribution >= 4 is 31.9 Å². The molecular weight excluding hydrogens is 308 g/mol. The molecule has 13 heavy (non-hydrogen) atoms. The lowest BCUT2D eigenvalue weighted by atomic mass is 10.1. The van der Waals surface area contributed by atoms with Crippen molar-refractivity contribution in [3.05, 3.63) is 27.5 Å². The highest BCUT2D eigenvalue weighted by molar-refractivity contribution is 9.10. The summed E-state index contributed by atoms with van der Waals surface area (Å²) in [5, 5.41) is 0.387. The minimum Gasteiger partial charge on any atom is -0.260 e. The molecule has 1 nitrogen and oxygen atoms in total. The summed E-state index contributed by atoms with van der Waals surface area (Å²) in [4.78, 5) is 3.98. The fraction of sp³-hybridized carbons (Fsp3) is 0.375. The van der Waals surface area contributed by atoms with E-state index in [2.05, 4.69) is 36.8 Å². The van der Waals surface area contributed by atoms with Crippen LogP contribution >= 0.6 is 31.9 Å². The molecule has 0 bridgehead atoms. The zero-order chi connectivity index (χ0) is 10.0. The molecule has 0 aliphatic rings. The lowest BCUT2D eigenvalue weighted by Gasteiger charge is -2.09. The smallest absolute Gasteiger partial charge is 0.260 e. The first kappa shape index (κ1) is 11.0. The third-order valence-corrected chi connectivity index (χ3v) is 3.28. The fourth-order valence-electron chi connectivity index (χ4n) is 0.979. The molecule has 0 aliphatic heterocycles. The molecular formula is C8H7Br2F2N. The topological polar surface area (TPSA) is 12.9 Å². The Hall–Kier alpha value is -0.0300. The van der Waals surface area contributed by atoms with E-state index in [1.54, 1.807) is 6.92 Å². The van der Waals surface area contributed by atoms with E-state index in [1.165, 1.54) is 6.20 Å². The van der Waals surface area contributed by atoms with E-state index in [9.17, 15) is 8.78 Å². The van der Waals surface area contributed by atoms with Gasteiger partial charge in [-0.25, -0.2) is 8.78 Å². The molecule has 0 spiro atoms. The first-order valence-electron chi connectivity index (χ1n) is 3.56. The van der Waals surface area contributed by atoms with Crippen molar-refractivity contribution in [1.82, 2.24) is 4.98 Å². The summed E-state index contributed by atoms with van der Waals surface area (Å²) in [7, 11) is 0. The van der Waals surface area contributed by atoms with Crippen LogP contribution in [0.15, 0.2) is 10.7 Å². The van der Waals surface area contributed by atoms with Gasteiger partial charge in [-0.1, -0.05) is 15.9 Å². The number of hydrogen-bond donors (Lipinski definition) is 0. The third kappa shape index (κ3) is 2.26. The first-order chi connectivity index (χ1) is 6.07. The Morgan fingerprint density at radius 1 is 1.54 bits per heavy atom. The van der Waals surface area contributed by atoms with Crippen LogP contribution in [0.4, 0.5) is 8.78 Å². The second kappa shape index (κ2) is 4.46. The van der Waals surface area contributed by atoms with Crippen molar-refractivity contribution in [1.29, 1.82) is 0 Å². The zero-order valence-electron chi connectivity index (χ0n) is 6.82. The molecule has 0 aliphatic carbocycles. The maximum atomic E-state index is 12.6. The Morgan fingerprint density at radius 2 is 2.15 bits per heavy atom. The predicted octanol–water partition coefficient (Wildman–Crippen LogP) is 3.99. The first-order valence-corrected chi connectivity index (χ1v) is 5.47. The highest BCUT2D eigenvalue weighted by atomic mass is 79.9. The van der Waals surface area contributed by atoms with Crippen molar-refractivity contribution in [2.45, 2.75) is 18.7 Å². The van der Waals surface area contributed by atoms with Gasteiger partial charge in [-0.05, 0) is 28.4 Å². The van der Waals surface area contributed by atoms with Gasteiger partial charge in [0.25, 0.3) is 6.43 Å². The number of aryl methyl sites for hydroxylation is 1. The number of rotatable bonds is 2. The molecule has 1 aromatic heterocycles. The Kier molecular flexibility index (Phi) is 3.79. The van der Waals surface area contributed by atoms with Crippen LogP contribution in [0.5, 0.6) is 0 Å². The highest BCUT2D eigenvalue weighted by Gasteiger charge is 2.18. The monoisotopic (exact) mass is 313 g/mol. The number of alkyl halides is 3. The van der Waals surface area contributed by atoms with Gasteiger partial charge in [0, 0.05) is 21.6 Å². The van der Waals surface area contributed by atoms with Crippen LogP contribution in [0.1, 0.15) is 23.2 Å². The largest absolute Gasteiger partial charge is 0.265 e. The molecule has 0 fully saturated rings. The van der Waals surface area contributed by atoms with Gasteiger partial charge < -0.3 is 0 Å². The van der Waals surface area contributed by atoms with Gasteiger partial charge in [0.15, 0.2) is 0 Å². The molecule has 0 saturated carbocycles. The molecule has 0 unspecified atom stereocenters. The van der Waals surface area contributed by atoms with Crippen LogP contribution in [-0.4, -0.2) is 4.98 Å². The predicted molar refractivity (Wildman–Crippen MR) is 54.3 cm³/mol. The Morgan fingerprint density at radius 3 is 2.62 bits per heavy atom. The molecule has 72 valence electrons. The van der Waals surface area contributed by atoms with Crippen LogP contribution in [0.3, 0.4) is 0 Å². The van der Waals surface area contributed by atoms with Crippen LogP contribution < -0.4 is 0 Å². The molecule has 0 amide bonds. The summed E-state index contributed by atoms with van der Waals surface area (Å²) in [5.74, 6) is 0. The van der Waals surface area contributed by atoms with E-state index in [4.69, 9.17) is 0 Å². The second-order valence-electron chi connectivity index (χ2n) is 2.53. The van der Waals surface area contributed by atoms with Crippen molar-refractivity contribution < 1.29 is 8.78 Å². The van der Waals surface area contributed by atoms with E-state index in [0.29, 0.717) is 21.1 Å². The summed E-state index contributed by atoms with van der Waals surface area (Å²) in [6.07, 6.45) is -1.00. The van der Waals surface area contributed by atoms with Crippen LogP contribution in [-0.2, 0) is 5.33 Å². The van der Waals surface area contributed by atoms with E-state index < -0.39 is 6.43 Å². The van der Waals surface area contributed by atoms with Gasteiger partial charge in [-0.3, -0.25) is 4.98 Å². The molecule has 1 rings (SSSR count). The fourth-order valence-corrected chi connectivity index (χ4v) is 1.96. The maximum absolute atomic E-state index is 12.6. The third-order valence-electron chi connectivity index (χ3n) is 1.68. The van der Waals surface area contributed by atoms with Crippen molar-refractivity contribution in [2.75, 3.05) is 0 Å². The Bertz CT molecular complexity index is 315. The molecule has 0 atom stereocenters. The highest BCUT2D eigenvalue weighted by Crippen LogP contribution is 2.32. The number of nitrogens with zero attached hydrogens (tertiary/aromatic N) is 1. The Balaban J connectivity index is 3.32. The van der Waals surface area contributed by atoms with Crippen LogP contribution in [0.2, 0.25) is 0 Å². The number of halogens is 4. The molecule has 1 aromatic rings. The summed E-state index contributed by atoms with van der Waals surface area (Å²) in [5.41, 5.74) is 1.14. The Labute approximate surface area is 91.8 Å². The minimum absolute atomic E-state index is 0.0318. The quantitative estimate of drug-likeness (QED) is 0.752. The minimum atomic E-state index is -2.47. The second-order valence-corrected chi connectivity index (χ2v) is 3.88. The molecule has 0 N–H and O–H groups in total. The molecule has 1 heterocycles. The lowest BCUT2D eigenvalue weighted by molar-refractivity contribution is 0.149. The molecule has 5 heteroatoms. The van der Waals surface area contributed by atoms with Crippen molar-refractivity contribution in [3.63, 3.8) is 0 Å². The van der Waals surface area contributed by atoms with E-state index >= 15 is 0 Å². The van der Waals surface area contributed by atoms with Gasteiger partial charge in [0.05, 0.1) is 5.69 Å². The molecule has 0 saturated heterocycles. The van der Waals surface area contributed by atoms with Gasteiger partial charge in [0.2, 0.25) is 0 Å². The van der Waals surface area contributed by atoms with Gasteiger partial charge in [-0.15, -0.1) is 0 Å². The van der Waals surface area contributed by atoms with Crippen molar-refractivity contribution in [2.24, 2.45) is 0 Å². The van der Waals surface area contributed by atoms with E-state index in [0.717, 1.165) is 0 Å². The van der Waals surface area contributed by atoms with Gasteiger partial charge >= 0.3 is 0 Å². The number of aromatic nitrogens is 1. The van der Waals surface area contributed by atoms with Crippen LogP contribution in [0.25, 0.3) is 0 Å². The van der Waals surface area contributed by atoms with Gasteiger partial charge in [-0.2, -0.15) is 0 Å². The zero-order valence-corrected chi connectivity index (χ0v) is 9.99. The average Bonchev–Trinajstić information content (AvgIpc) is 2.08. The average molecular weight is 315 g/mol. The van der Waals surface area contributed by atoms with E-state index in [-0.39, 0.29) is 5.56 Å². The normalized spacial score (nSPS) is 10.9. The summed E-state index contributed by atoms with van der Waals surface area (Å²) in [6, 6.07) is 0. The SMILES string of the molecule is Cc1ncc(CBr)c(C(F)F)c1Br.